The zero-order valence-corrected chi connectivity index (χ0v) is 6.59. The Morgan fingerprint density at radius 2 is 2.10 bits per heavy atom. The molecule has 0 rings (SSSR count). The van der Waals surface area contributed by atoms with Crippen LogP contribution in [0.4, 0.5) is 0 Å². The molecule has 0 aromatic rings. The van der Waals surface area contributed by atoms with Gasteiger partial charge < -0.3 is 0 Å². The van der Waals surface area contributed by atoms with E-state index in [0.29, 0.717) is 0 Å². The third-order valence-electron chi connectivity index (χ3n) is 1.13. The van der Waals surface area contributed by atoms with Crippen LogP contribution in [0.15, 0.2) is 0 Å². The van der Waals surface area contributed by atoms with E-state index in [2.05, 4.69) is 0 Å². The van der Waals surface area contributed by atoms with Crippen LogP contribution in [0.1, 0.15) is 6.92 Å². The third-order valence-corrected chi connectivity index (χ3v) is 2.25. The molecule has 0 aliphatic carbocycles. The summed E-state index contributed by atoms with van der Waals surface area (Å²) in [6.45, 7) is 1.45. The average molecular weight is 163 g/mol. The molecule has 0 radical (unpaired) electrons. The third kappa shape index (κ3) is 2.31. The van der Waals surface area contributed by atoms with Crippen molar-refractivity contribution in [2.45, 2.75) is 13.0 Å². The van der Waals surface area contributed by atoms with Crippen LogP contribution in [-0.2, 0) is 10.2 Å². The van der Waals surface area contributed by atoms with Crippen molar-refractivity contribution in [3.63, 3.8) is 0 Å². The molecule has 0 amide bonds. The van der Waals surface area contributed by atoms with E-state index in [-0.39, 0.29) is 0 Å². The second kappa shape index (κ2) is 2.96. The normalized spacial score (nSPS) is 14.7. The van der Waals surface area contributed by atoms with Gasteiger partial charge in [-0.1, -0.05) is 0 Å². The lowest BCUT2D eigenvalue weighted by atomic mass is 10.4. The second-order valence-corrected chi connectivity index (χ2v) is 3.47. The summed E-state index contributed by atoms with van der Waals surface area (Å²) in [6, 6.07) is 1.03. The highest BCUT2D eigenvalue weighted by Gasteiger charge is 2.17. The molecule has 1 unspecified atom stereocenters. The summed E-state index contributed by atoms with van der Waals surface area (Å²) < 4.78 is 21.8. The van der Waals surface area contributed by atoms with Gasteiger partial charge in [-0.15, -0.1) is 0 Å². The zero-order chi connectivity index (χ0) is 8.36. The monoisotopic (exact) mass is 163 g/mol. The van der Waals surface area contributed by atoms with Crippen LogP contribution in [0.25, 0.3) is 0 Å². The maximum atomic E-state index is 10.5. The van der Waals surface area contributed by atoms with Crippen molar-refractivity contribution in [2.75, 3.05) is 7.05 Å². The van der Waals surface area contributed by atoms with Crippen LogP contribution in [0.2, 0.25) is 0 Å². The van der Waals surface area contributed by atoms with Gasteiger partial charge in [0, 0.05) is 7.05 Å². The molecule has 0 spiro atoms. The summed E-state index contributed by atoms with van der Waals surface area (Å²) in [5.41, 5.74) is 0. The van der Waals surface area contributed by atoms with E-state index in [4.69, 9.17) is 10.4 Å². The van der Waals surface area contributed by atoms with E-state index >= 15 is 0 Å². The predicted molar refractivity (Wildman–Crippen MR) is 35.9 cm³/mol. The minimum absolute atomic E-state index is 0.713. The van der Waals surface area contributed by atoms with Crippen molar-refractivity contribution in [3.05, 3.63) is 0 Å². The van der Waals surface area contributed by atoms with Gasteiger partial charge in [0.1, 0.15) is 6.04 Å². The maximum Gasteiger partial charge on any atom is 0.277 e. The number of nitrogens with two attached hydrogens (primary N) is 1. The molecular weight excluding hydrogens is 154 g/mol. The van der Waals surface area contributed by atoms with E-state index < -0.39 is 16.3 Å². The first-order valence-electron chi connectivity index (χ1n) is 2.55. The molecule has 0 aromatic carbocycles. The number of hydrogen-bond acceptors (Lipinski definition) is 3. The number of nitrogens with zero attached hydrogens (tertiary/aromatic N) is 2. The van der Waals surface area contributed by atoms with Crippen molar-refractivity contribution in [2.24, 2.45) is 5.14 Å². The Hall–Kier alpha value is -0.640. The zero-order valence-electron chi connectivity index (χ0n) is 5.77. The first-order chi connectivity index (χ1) is 4.39. The Morgan fingerprint density at radius 3 is 2.20 bits per heavy atom. The molecule has 0 bridgehead atoms. The molecule has 58 valence electrons. The molecule has 0 fully saturated rings. The number of rotatable bonds is 2. The maximum absolute atomic E-state index is 10.5. The van der Waals surface area contributed by atoms with Crippen LogP contribution in [0.3, 0.4) is 0 Å². The van der Waals surface area contributed by atoms with E-state index in [0.717, 1.165) is 4.31 Å². The van der Waals surface area contributed by atoms with Gasteiger partial charge in [-0.05, 0) is 6.92 Å². The molecule has 0 saturated carbocycles. The Labute approximate surface area is 60.2 Å². The van der Waals surface area contributed by atoms with Gasteiger partial charge in [0.25, 0.3) is 10.2 Å². The SMILES string of the molecule is CC(C#N)N(C)S(N)(=O)=O. The van der Waals surface area contributed by atoms with Crippen LogP contribution in [0, 0.1) is 11.3 Å². The summed E-state index contributed by atoms with van der Waals surface area (Å²) in [5.74, 6) is 0. The van der Waals surface area contributed by atoms with Gasteiger partial charge in [-0.3, -0.25) is 0 Å². The topological polar surface area (TPSA) is 87.2 Å². The largest absolute Gasteiger partial charge is 0.277 e. The van der Waals surface area contributed by atoms with Crippen molar-refractivity contribution in [1.29, 1.82) is 5.26 Å². The standard InChI is InChI=1S/C4H9N3O2S/c1-4(3-5)7(2)10(6,8)9/h4H,1-2H3,(H2,6,8,9). The summed E-state index contributed by atoms with van der Waals surface area (Å²) >= 11 is 0. The van der Waals surface area contributed by atoms with Crippen LogP contribution >= 0.6 is 0 Å². The summed E-state index contributed by atoms with van der Waals surface area (Å²) in [4.78, 5) is 0. The molecule has 0 heterocycles. The van der Waals surface area contributed by atoms with E-state index in [9.17, 15) is 8.42 Å². The molecule has 1 atom stereocenters. The average Bonchev–Trinajstić information content (AvgIpc) is 1.83. The lowest BCUT2D eigenvalue weighted by molar-refractivity contribution is 0.443. The van der Waals surface area contributed by atoms with E-state index in [1.165, 1.54) is 14.0 Å². The van der Waals surface area contributed by atoms with E-state index in [1.807, 2.05) is 0 Å². The molecular formula is C4H9N3O2S. The van der Waals surface area contributed by atoms with Crippen molar-refractivity contribution in [3.8, 4) is 6.07 Å². The highest BCUT2D eigenvalue weighted by atomic mass is 32.2. The molecule has 0 aliphatic heterocycles. The Balaban J connectivity index is 4.42. The minimum atomic E-state index is -3.70. The van der Waals surface area contributed by atoms with Crippen molar-refractivity contribution >= 4 is 10.2 Å². The fraction of sp³-hybridized carbons (Fsp3) is 0.750. The molecule has 10 heavy (non-hydrogen) atoms. The highest BCUT2D eigenvalue weighted by molar-refractivity contribution is 7.86. The highest BCUT2D eigenvalue weighted by Crippen LogP contribution is 1.96. The summed E-state index contributed by atoms with van der Waals surface area (Å²) in [7, 11) is -2.45. The fourth-order valence-electron chi connectivity index (χ4n) is 0.302. The minimum Gasteiger partial charge on any atom is -0.216 e. The predicted octanol–water partition coefficient (Wildman–Crippen LogP) is -0.966. The van der Waals surface area contributed by atoms with E-state index in [1.54, 1.807) is 6.07 Å². The van der Waals surface area contributed by atoms with Crippen molar-refractivity contribution in [1.82, 2.24) is 4.31 Å². The van der Waals surface area contributed by atoms with Gasteiger partial charge in [0.2, 0.25) is 0 Å². The van der Waals surface area contributed by atoms with Crippen LogP contribution < -0.4 is 5.14 Å². The van der Waals surface area contributed by atoms with Crippen LogP contribution in [0.5, 0.6) is 0 Å². The van der Waals surface area contributed by atoms with Gasteiger partial charge in [-0.25, -0.2) is 5.14 Å². The lowest BCUT2D eigenvalue weighted by Gasteiger charge is -2.14. The van der Waals surface area contributed by atoms with Crippen LogP contribution in [-0.4, -0.2) is 25.8 Å². The quantitative estimate of drug-likeness (QED) is 0.568. The summed E-state index contributed by atoms with van der Waals surface area (Å²) in [6.07, 6.45) is 0. The summed E-state index contributed by atoms with van der Waals surface area (Å²) in [5, 5.41) is 13.0. The number of hydrogen-bond donors (Lipinski definition) is 1. The number of nitriles is 1. The van der Waals surface area contributed by atoms with Crippen molar-refractivity contribution < 1.29 is 8.42 Å². The Kier molecular flexibility index (Phi) is 2.77. The van der Waals surface area contributed by atoms with Gasteiger partial charge in [-0.2, -0.15) is 18.0 Å². The Morgan fingerprint density at radius 1 is 1.70 bits per heavy atom. The Bertz CT molecular complexity index is 240. The van der Waals surface area contributed by atoms with Gasteiger partial charge >= 0.3 is 0 Å². The molecule has 6 heteroatoms. The van der Waals surface area contributed by atoms with Gasteiger partial charge in [0.15, 0.2) is 0 Å². The molecule has 2 N–H and O–H groups in total. The fourth-order valence-corrected chi connectivity index (χ4v) is 0.790. The molecule has 0 saturated heterocycles. The molecule has 0 aliphatic rings. The molecule has 5 nitrogen and oxygen atoms in total. The molecule has 0 aromatic heterocycles. The first kappa shape index (κ1) is 9.36. The first-order valence-corrected chi connectivity index (χ1v) is 4.05. The van der Waals surface area contributed by atoms with Gasteiger partial charge in [0.05, 0.1) is 6.07 Å². The lowest BCUT2D eigenvalue weighted by Crippen LogP contribution is -2.38. The second-order valence-electron chi connectivity index (χ2n) is 1.87. The smallest absolute Gasteiger partial charge is 0.216 e.